The van der Waals surface area contributed by atoms with Gasteiger partial charge in [0.25, 0.3) is 0 Å². The summed E-state index contributed by atoms with van der Waals surface area (Å²) in [4.78, 5) is 16.4. The fourth-order valence-electron chi connectivity index (χ4n) is 2.29. The number of halogens is 3. The predicted octanol–water partition coefficient (Wildman–Crippen LogP) is 5.07. The van der Waals surface area contributed by atoms with Crippen molar-refractivity contribution in [2.24, 2.45) is 0 Å². The van der Waals surface area contributed by atoms with Gasteiger partial charge in [-0.3, -0.25) is 4.98 Å². The molecule has 3 rings (SSSR count). The van der Waals surface area contributed by atoms with Gasteiger partial charge in [0.15, 0.2) is 5.69 Å². The van der Waals surface area contributed by atoms with E-state index in [1.807, 2.05) is 6.07 Å². The molecule has 0 bridgehead atoms. The smallest absolute Gasteiger partial charge is 0.357 e. The van der Waals surface area contributed by atoms with Gasteiger partial charge in [-0.25, -0.2) is 9.48 Å². The molecule has 0 spiro atoms. The Balaban J connectivity index is 2.21. The maximum Gasteiger partial charge on any atom is 0.357 e. The van der Waals surface area contributed by atoms with Crippen LogP contribution >= 0.6 is 34.8 Å². The number of carbonyl (C=O) groups excluding carboxylic acids is 1. The summed E-state index contributed by atoms with van der Waals surface area (Å²) < 4.78 is 6.48. The van der Waals surface area contributed by atoms with Crippen molar-refractivity contribution in [3.8, 4) is 16.9 Å². The number of nitrogens with zero attached hydrogens (tertiary/aromatic N) is 3. The van der Waals surface area contributed by atoms with E-state index in [1.54, 1.807) is 31.5 Å². The summed E-state index contributed by atoms with van der Waals surface area (Å²) in [7, 11) is 0. The summed E-state index contributed by atoms with van der Waals surface area (Å²) >= 11 is 18.5. The first-order chi connectivity index (χ1) is 12.0. The lowest BCUT2D eigenvalue weighted by Gasteiger charge is -2.11. The molecule has 5 nitrogen and oxygen atoms in total. The first kappa shape index (κ1) is 17.7. The van der Waals surface area contributed by atoms with E-state index in [1.165, 1.54) is 16.8 Å². The lowest BCUT2D eigenvalue weighted by molar-refractivity contribution is 0.0516. The first-order valence-electron chi connectivity index (χ1n) is 7.33. The van der Waals surface area contributed by atoms with Crippen molar-refractivity contribution in [3.05, 3.63) is 63.5 Å². The fraction of sp³-hybridized carbons (Fsp3) is 0.118. The largest absolute Gasteiger partial charge is 0.461 e. The van der Waals surface area contributed by atoms with Gasteiger partial charge in [-0.1, -0.05) is 34.8 Å². The topological polar surface area (TPSA) is 57.0 Å². The summed E-state index contributed by atoms with van der Waals surface area (Å²) in [6.07, 6.45) is 3.30. The van der Waals surface area contributed by atoms with Crippen LogP contribution < -0.4 is 0 Å². The highest BCUT2D eigenvalue weighted by atomic mass is 35.5. The van der Waals surface area contributed by atoms with Crippen LogP contribution in [0.1, 0.15) is 17.4 Å². The molecule has 0 aliphatic heterocycles. The van der Waals surface area contributed by atoms with Crippen LogP contribution in [0.5, 0.6) is 0 Å². The molecule has 0 aliphatic rings. The van der Waals surface area contributed by atoms with E-state index >= 15 is 0 Å². The second kappa shape index (κ2) is 7.44. The number of hydrogen-bond acceptors (Lipinski definition) is 4. The Hall–Kier alpha value is -2.08. The van der Waals surface area contributed by atoms with Gasteiger partial charge in [0.1, 0.15) is 5.69 Å². The quantitative estimate of drug-likeness (QED) is 0.578. The minimum atomic E-state index is -0.535. The van der Waals surface area contributed by atoms with Crippen LogP contribution in [0.3, 0.4) is 0 Å². The molecule has 0 radical (unpaired) electrons. The zero-order valence-corrected chi connectivity index (χ0v) is 15.3. The Morgan fingerprint density at radius 3 is 2.52 bits per heavy atom. The molecule has 0 amide bonds. The average Bonchev–Trinajstić information content (AvgIpc) is 3.00. The zero-order valence-electron chi connectivity index (χ0n) is 13.0. The SMILES string of the molecule is CCOC(=O)c1cc(-c2cccnc2)nn1-c1c(Cl)cc(Cl)cc1Cl. The number of pyridine rings is 1. The van der Waals surface area contributed by atoms with Gasteiger partial charge in [0, 0.05) is 23.0 Å². The zero-order chi connectivity index (χ0) is 18.0. The van der Waals surface area contributed by atoms with Crippen molar-refractivity contribution in [2.45, 2.75) is 6.92 Å². The average molecular weight is 397 g/mol. The molecule has 0 N–H and O–H groups in total. The highest BCUT2D eigenvalue weighted by Crippen LogP contribution is 2.34. The third-order valence-electron chi connectivity index (χ3n) is 3.34. The molecule has 128 valence electrons. The van der Waals surface area contributed by atoms with E-state index in [4.69, 9.17) is 39.5 Å². The summed E-state index contributed by atoms with van der Waals surface area (Å²) in [5.74, 6) is -0.535. The lowest BCUT2D eigenvalue weighted by atomic mass is 10.2. The third-order valence-corrected chi connectivity index (χ3v) is 4.14. The molecule has 0 fully saturated rings. The van der Waals surface area contributed by atoms with Gasteiger partial charge >= 0.3 is 5.97 Å². The standard InChI is InChI=1S/C17H12Cl3N3O2/c1-2-25-17(24)15-8-14(10-4-3-5-21-9-10)22-23(15)16-12(19)6-11(18)7-13(16)20/h3-9H,2H2,1H3. The number of hydrogen-bond donors (Lipinski definition) is 0. The molecule has 0 atom stereocenters. The molecular formula is C17H12Cl3N3O2. The van der Waals surface area contributed by atoms with Gasteiger partial charge < -0.3 is 4.74 Å². The summed E-state index contributed by atoms with van der Waals surface area (Å²) in [6.45, 7) is 1.96. The van der Waals surface area contributed by atoms with Crippen molar-refractivity contribution < 1.29 is 9.53 Å². The molecule has 2 heterocycles. The normalized spacial score (nSPS) is 10.7. The maximum absolute atomic E-state index is 12.4. The Morgan fingerprint density at radius 1 is 1.20 bits per heavy atom. The highest BCUT2D eigenvalue weighted by Gasteiger charge is 2.22. The number of ether oxygens (including phenoxy) is 1. The number of rotatable bonds is 4. The molecule has 0 saturated carbocycles. The number of esters is 1. The monoisotopic (exact) mass is 395 g/mol. The highest BCUT2D eigenvalue weighted by molar-refractivity contribution is 6.40. The Labute approximate surface area is 159 Å². The van der Waals surface area contributed by atoms with Gasteiger partial charge in [-0.15, -0.1) is 0 Å². The second-order valence-corrected chi connectivity index (χ2v) is 6.26. The fourth-order valence-corrected chi connectivity index (χ4v) is 3.27. The van der Waals surface area contributed by atoms with Gasteiger partial charge in [-0.2, -0.15) is 5.10 Å². The molecule has 0 unspecified atom stereocenters. The van der Waals surface area contributed by atoms with E-state index < -0.39 is 5.97 Å². The van der Waals surface area contributed by atoms with Gasteiger partial charge in [0.2, 0.25) is 0 Å². The van der Waals surface area contributed by atoms with Crippen LogP contribution in [0, 0.1) is 0 Å². The molecular weight excluding hydrogens is 385 g/mol. The molecule has 2 aromatic heterocycles. The van der Waals surface area contributed by atoms with Crippen molar-refractivity contribution in [1.29, 1.82) is 0 Å². The van der Waals surface area contributed by atoms with Gasteiger partial charge in [-0.05, 0) is 37.3 Å². The summed E-state index contributed by atoms with van der Waals surface area (Å²) in [5.41, 5.74) is 1.84. The summed E-state index contributed by atoms with van der Waals surface area (Å²) in [6, 6.07) is 8.28. The lowest BCUT2D eigenvalue weighted by Crippen LogP contribution is -2.12. The number of benzene rings is 1. The second-order valence-electron chi connectivity index (χ2n) is 5.01. The minimum Gasteiger partial charge on any atom is -0.461 e. The maximum atomic E-state index is 12.4. The predicted molar refractivity (Wildman–Crippen MR) is 97.8 cm³/mol. The Kier molecular flexibility index (Phi) is 5.27. The first-order valence-corrected chi connectivity index (χ1v) is 8.47. The Bertz CT molecular complexity index is 903. The van der Waals surface area contributed by atoms with Crippen LogP contribution in [-0.4, -0.2) is 27.3 Å². The van der Waals surface area contributed by atoms with E-state index in [0.717, 1.165) is 5.56 Å². The summed E-state index contributed by atoms with van der Waals surface area (Å²) in [5, 5.41) is 5.39. The van der Waals surface area contributed by atoms with E-state index in [9.17, 15) is 4.79 Å². The minimum absolute atomic E-state index is 0.201. The number of carbonyl (C=O) groups is 1. The molecule has 0 aliphatic carbocycles. The van der Waals surface area contributed by atoms with Crippen LogP contribution in [0.4, 0.5) is 0 Å². The van der Waals surface area contributed by atoms with Crippen molar-refractivity contribution in [1.82, 2.24) is 14.8 Å². The third kappa shape index (κ3) is 3.63. The van der Waals surface area contributed by atoms with Crippen molar-refractivity contribution in [2.75, 3.05) is 6.61 Å². The van der Waals surface area contributed by atoms with Gasteiger partial charge in [0.05, 0.1) is 22.3 Å². The molecule has 8 heteroatoms. The van der Waals surface area contributed by atoms with Crippen molar-refractivity contribution >= 4 is 40.8 Å². The van der Waals surface area contributed by atoms with Crippen LogP contribution in [-0.2, 0) is 4.74 Å². The molecule has 0 saturated heterocycles. The van der Waals surface area contributed by atoms with Crippen molar-refractivity contribution in [3.63, 3.8) is 0 Å². The molecule has 1 aromatic carbocycles. The van der Waals surface area contributed by atoms with E-state index in [-0.39, 0.29) is 22.3 Å². The molecule has 25 heavy (non-hydrogen) atoms. The molecule has 3 aromatic rings. The van der Waals surface area contributed by atoms with E-state index in [0.29, 0.717) is 16.4 Å². The van der Waals surface area contributed by atoms with Crippen LogP contribution in [0.15, 0.2) is 42.7 Å². The van der Waals surface area contributed by atoms with E-state index in [2.05, 4.69) is 10.1 Å². The van der Waals surface area contributed by atoms with Crippen LogP contribution in [0.25, 0.3) is 16.9 Å². The number of aromatic nitrogens is 3. The Morgan fingerprint density at radius 2 is 1.92 bits per heavy atom. The van der Waals surface area contributed by atoms with Crippen LogP contribution in [0.2, 0.25) is 15.1 Å².